The first-order valence-electron chi connectivity index (χ1n) is 7.37. The van der Waals surface area contributed by atoms with Gasteiger partial charge in [0, 0.05) is 12.6 Å². The fourth-order valence-electron chi connectivity index (χ4n) is 3.18. The summed E-state index contributed by atoms with van der Waals surface area (Å²) < 4.78 is 27.4. The van der Waals surface area contributed by atoms with Crippen LogP contribution in [0.2, 0.25) is 0 Å². The Hall–Kier alpha value is -0.130. The highest BCUT2D eigenvalue weighted by atomic mass is 32.2. The Morgan fingerprint density at radius 2 is 1.83 bits per heavy atom. The molecule has 0 aromatic heterocycles. The highest BCUT2D eigenvalue weighted by Gasteiger charge is 2.36. The first-order chi connectivity index (χ1) is 8.66. The Morgan fingerprint density at radius 1 is 1.11 bits per heavy atom. The van der Waals surface area contributed by atoms with E-state index in [1.165, 1.54) is 12.8 Å². The summed E-state index contributed by atoms with van der Waals surface area (Å²) >= 11 is 0. The number of nitrogens with zero attached hydrogens (tertiary/aromatic N) is 1. The fourth-order valence-corrected chi connectivity index (χ4v) is 5.45. The van der Waals surface area contributed by atoms with Gasteiger partial charge in [0.1, 0.15) is 0 Å². The first-order valence-corrected chi connectivity index (χ1v) is 8.88. The summed E-state index contributed by atoms with van der Waals surface area (Å²) in [5, 5.41) is 3.10. The number of hydrogen-bond donors (Lipinski definition) is 1. The molecule has 0 aromatic carbocycles. The van der Waals surface area contributed by atoms with E-state index in [0.29, 0.717) is 0 Å². The second-order valence-corrected chi connectivity index (χ2v) is 7.68. The molecule has 1 N–H and O–H groups in total. The molecule has 2 aliphatic rings. The molecule has 106 valence electrons. The zero-order valence-electron chi connectivity index (χ0n) is 11.4. The molecule has 4 nitrogen and oxygen atoms in total. The average Bonchev–Trinajstić information content (AvgIpc) is 2.65. The second kappa shape index (κ2) is 6.35. The van der Waals surface area contributed by atoms with Gasteiger partial charge in [0.25, 0.3) is 0 Å². The molecule has 0 aromatic rings. The van der Waals surface area contributed by atoms with Gasteiger partial charge < -0.3 is 5.32 Å². The van der Waals surface area contributed by atoms with Crippen molar-refractivity contribution < 1.29 is 8.42 Å². The Labute approximate surface area is 111 Å². The minimum absolute atomic E-state index is 0.147. The molecule has 0 aliphatic carbocycles. The van der Waals surface area contributed by atoms with Gasteiger partial charge in [0.2, 0.25) is 10.0 Å². The van der Waals surface area contributed by atoms with Gasteiger partial charge in [-0.05, 0) is 45.2 Å². The molecule has 1 atom stereocenters. The number of sulfonamides is 1. The maximum absolute atomic E-state index is 12.8. The third-order valence-corrected chi connectivity index (χ3v) is 6.78. The van der Waals surface area contributed by atoms with Gasteiger partial charge in [-0.25, -0.2) is 8.42 Å². The van der Waals surface area contributed by atoms with E-state index < -0.39 is 10.0 Å². The van der Waals surface area contributed by atoms with E-state index in [9.17, 15) is 8.42 Å². The van der Waals surface area contributed by atoms with Gasteiger partial charge >= 0.3 is 0 Å². The molecule has 2 aliphatic heterocycles. The standard InChI is InChI=1S/C13H26N2O2S/c1-2-12-6-4-3-5-11-15(12)18(16,17)13-7-9-14-10-8-13/h12-14H,2-11H2,1H3. The quantitative estimate of drug-likeness (QED) is 0.852. The van der Waals surface area contributed by atoms with Gasteiger partial charge in [-0.1, -0.05) is 19.8 Å². The molecule has 0 radical (unpaired) electrons. The molecule has 2 heterocycles. The fraction of sp³-hybridized carbons (Fsp3) is 1.00. The topological polar surface area (TPSA) is 49.4 Å². The molecule has 2 rings (SSSR count). The minimum atomic E-state index is -3.08. The lowest BCUT2D eigenvalue weighted by Crippen LogP contribution is -2.47. The van der Waals surface area contributed by atoms with Crippen LogP contribution in [-0.2, 0) is 10.0 Å². The molecule has 0 saturated carbocycles. The molecule has 0 amide bonds. The number of hydrogen-bond acceptors (Lipinski definition) is 3. The highest BCUT2D eigenvalue weighted by Crippen LogP contribution is 2.26. The van der Waals surface area contributed by atoms with Gasteiger partial charge in [-0.3, -0.25) is 0 Å². The molecule has 1 unspecified atom stereocenters. The van der Waals surface area contributed by atoms with Crippen LogP contribution < -0.4 is 5.32 Å². The first kappa shape index (κ1) is 14.3. The molecule has 18 heavy (non-hydrogen) atoms. The van der Waals surface area contributed by atoms with Crippen molar-refractivity contribution in [3.8, 4) is 0 Å². The van der Waals surface area contributed by atoms with Crippen LogP contribution in [0.1, 0.15) is 51.9 Å². The van der Waals surface area contributed by atoms with Crippen molar-refractivity contribution in [3.63, 3.8) is 0 Å². The van der Waals surface area contributed by atoms with Crippen LogP contribution in [0.25, 0.3) is 0 Å². The van der Waals surface area contributed by atoms with Crippen LogP contribution in [0, 0.1) is 0 Å². The van der Waals surface area contributed by atoms with E-state index >= 15 is 0 Å². The molecular weight excluding hydrogens is 248 g/mol. The molecular formula is C13H26N2O2S. The summed E-state index contributed by atoms with van der Waals surface area (Å²) in [6.45, 7) is 4.54. The van der Waals surface area contributed by atoms with Gasteiger partial charge in [-0.2, -0.15) is 4.31 Å². The van der Waals surface area contributed by atoms with E-state index in [2.05, 4.69) is 12.2 Å². The number of nitrogens with one attached hydrogen (secondary N) is 1. The Kier molecular flexibility index (Phi) is 5.04. The summed E-state index contributed by atoms with van der Waals surface area (Å²) in [6.07, 6.45) is 6.92. The molecule has 0 spiro atoms. The van der Waals surface area contributed by atoms with Crippen molar-refractivity contribution in [2.24, 2.45) is 0 Å². The van der Waals surface area contributed by atoms with Crippen molar-refractivity contribution in [2.45, 2.75) is 63.2 Å². The van der Waals surface area contributed by atoms with E-state index in [1.54, 1.807) is 0 Å². The van der Waals surface area contributed by atoms with E-state index in [4.69, 9.17) is 0 Å². The lowest BCUT2D eigenvalue weighted by Gasteiger charge is -2.33. The minimum Gasteiger partial charge on any atom is -0.317 e. The van der Waals surface area contributed by atoms with Gasteiger partial charge in [0.15, 0.2) is 0 Å². The normalized spacial score (nSPS) is 29.1. The van der Waals surface area contributed by atoms with Crippen molar-refractivity contribution in [3.05, 3.63) is 0 Å². The summed E-state index contributed by atoms with van der Waals surface area (Å²) in [5.74, 6) is 0. The zero-order chi connectivity index (χ0) is 13.0. The van der Waals surface area contributed by atoms with Crippen molar-refractivity contribution in [2.75, 3.05) is 19.6 Å². The molecule has 0 bridgehead atoms. The SMILES string of the molecule is CCC1CCCCCN1S(=O)(=O)C1CCNCC1. The summed E-state index contributed by atoms with van der Waals surface area (Å²) in [5.41, 5.74) is 0. The maximum Gasteiger partial charge on any atom is 0.217 e. The number of rotatable bonds is 3. The molecule has 2 fully saturated rings. The van der Waals surface area contributed by atoms with Crippen LogP contribution in [0.5, 0.6) is 0 Å². The number of piperidine rings is 1. The monoisotopic (exact) mass is 274 g/mol. The van der Waals surface area contributed by atoms with Crippen molar-refractivity contribution in [1.82, 2.24) is 9.62 Å². The van der Waals surface area contributed by atoms with Crippen molar-refractivity contribution in [1.29, 1.82) is 0 Å². The predicted molar refractivity (Wildman–Crippen MR) is 74.1 cm³/mol. The Balaban J connectivity index is 2.14. The maximum atomic E-state index is 12.8. The largest absolute Gasteiger partial charge is 0.317 e. The van der Waals surface area contributed by atoms with Crippen LogP contribution in [0.3, 0.4) is 0 Å². The Morgan fingerprint density at radius 3 is 2.50 bits per heavy atom. The lowest BCUT2D eigenvalue weighted by molar-refractivity contribution is 0.306. The summed E-state index contributed by atoms with van der Waals surface area (Å²) in [6, 6.07) is 0.243. The lowest BCUT2D eigenvalue weighted by atomic mass is 10.1. The van der Waals surface area contributed by atoms with E-state index in [1.807, 2.05) is 4.31 Å². The van der Waals surface area contributed by atoms with E-state index in [0.717, 1.165) is 51.7 Å². The van der Waals surface area contributed by atoms with Crippen LogP contribution in [-0.4, -0.2) is 43.6 Å². The second-order valence-electron chi connectivity index (χ2n) is 5.52. The molecule has 5 heteroatoms. The van der Waals surface area contributed by atoms with Gasteiger partial charge in [0.05, 0.1) is 5.25 Å². The third-order valence-electron chi connectivity index (χ3n) is 4.33. The summed E-state index contributed by atoms with van der Waals surface area (Å²) in [4.78, 5) is 0. The van der Waals surface area contributed by atoms with Crippen LogP contribution in [0.4, 0.5) is 0 Å². The average molecular weight is 274 g/mol. The van der Waals surface area contributed by atoms with E-state index in [-0.39, 0.29) is 11.3 Å². The van der Waals surface area contributed by atoms with Gasteiger partial charge in [-0.15, -0.1) is 0 Å². The predicted octanol–water partition coefficient (Wildman–Crippen LogP) is 1.72. The summed E-state index contributed by atoms with van der Waals surface area (Å²) in [7, 11) is -3.08. The smallest absolute Gasteiger partial charge is 0.217 e. The van der Waals surface area contributed by atoms with Crippen LogP contribution >= 0.6 is 0 Å². The highest BCUT2D eigenvalue weighted by molar-refractivity contribution is 7.89. The Bertz CT molecular complexity index is 350. The van der Waals surface area contributed by atoms with Crippen LogP contribution in [0.15, 0.2) is 0 Å². The van der Waals surface area contributed by atoms with Crippen molar-refractivity contribution >= 4 is 10.0 Å². The molecule has 2 saturated heterocycles. The zero-order valence-corrected chi connectivity index (χ0v) is 12.2. The third kappa shape index (κ3) is 3.06.